The molecule has 34 heavy (non-hydrogen) atoms. The average Bonchev–Trinajstić information content (AvgIpc) is 2.84. The van der Waals surface area contributed by atoms with Crippen LogP contribution in [0.25, 0.3) is 0 Å². The molecule has 168 valence electrons. The van der Waals surface area contributed by atoms with Gasteiger partial charge in [-0.25, -0.2) is 4.79 Å². The third-order valence-electron chi connectivity index (χ3n) is 4.90. The molecule has 0 saturated heterocycles. The molecule has 7 heteroatoms. The van der Waals surface area contributed by atoms with Crippen LogP contribution < -0.4 is 9.47 Å². The highest BCUT2D eigenvalue weighted by Gasteiger charge is 2.18. The topological polar surface area (TPSA) is 110 Å². The Morgan fingerprint density at radius 3 is 1.26 bits per heavy atom. The van der Waals surface area contributed by atoms with Crippen molar-refractivity contribution >= 4 is 17.7 Å². The highest BCUT2D eigenvalue weighted by atomic mass is 16.7. The number of rotatable bonds is 6. The van der Waals surface area contributed by atoms with Gasteiger partial charge in [-0.05, 0) is 24.3 Å². The summed E-state index contributed by atoms with van der Waals surface area (Å²) in [7, 11) is 0. The van der Waals surface area contributed by atoms with E-state index < -0.39 is 6.16 Å². The van der Waals surface area contributed by atoms with Crippen molar-refractivity contribution in [1.82, 2.24) is 0 Å². The molecule has 0 fully saturated rings. The number of aromatic hydroxyl groups is 2. The van der Waals surface area contributed by atoms with Crippen LogP contribution in [0.4, 0.5) is 4.79 Å². The molecule has 0 bridgehead atoms. The molecule has 0 unspecified atom stereocenters. The predicted octanol–water partition coefficient (Wildman–Crippen LogP) is 5.14. The number of ether oxygens (including phenoxy) is 2. The lowest BCUT2D eigenvalue weighted by Gasteiger charge is -2.09. The van der Waals surface area contributed by atoms with E-state index in [0.717, 1.165) is 12.1 Å². The molecule has 4 aromatic carbocycles. The fraction of sp³-hybridized carbons (Fsp3) is 0. The Kier molecular flexibility index (Phi) is 6.36. The minimum atomic E-state index is -1.14. The zero-order valence-electron chi connectivity index (χ0n) is 17.7. The van der Waals surface area contributed by atoms with Crippen molar-refractivity contribution in [3.63, 3.8) is 0 Å². The van der Waals surface area contributed by atoms with Crippen LogP contribution in [0.2, 0.25) is 0 Å². The Hall–Kier alpha value is -4.91. The summed E-state index contributed by atoms with van der Waals surface area (Å²) in [6.45, 7) is 0. The zero-order chi connectivity index (χ0) is 24.1. The lowest BCUT2D eigenvalue weighted by Crippen LogP contribution is -2.14. The number of phenolic OH excluding ortho intramolecular Hbond substituents is 2. The third-order valence-corrected chi connectivity index (χ3v) is 4.90. The van der Waals surface area contributed by atoms with Crippen LogP contribution in [-0.4, -0.2) is 27.9 Å². The molecule has 0 amide bonds. The number of carbonyl (C=O) groups excluding carboxylic acids is 3. The van der Waals surface area contributed by atoms with Gasteiger partial charge in [-0.3, -0.25) is 9.59 Å². The van der Waals surface area contributed by atoms with Crippen molar-refractivity contribution in [3.05, 3.63) is 119 Å². The summed E-state index contributed by atoms with van der Waals surface area (Å²) in [5.74, 6) is -1.58. The number of carbonyl (C=O) groups is 3. The Morgan fingerprint density at radius 2 is 0.912 bits per heavy atom. The standard InChI is InChI=1S/C27H18O7/c28-23-15-19(11-13-21(23)25(30)17-7-3-1-4-8-17)33-27(32)34-20-12-14-22(24(29)16-20)26(31)18-9-5-2-6-10-18/h1-16,28-29H. The molecule has 0 radical (unpaired) electrons. The van der Waals surface area contributed by atoms with Crippen molar-refractivity contribution in [1.29, 1.82) is 0 Å². The van der Waals surface area contributed by atoms with E-state index in [1.54, 1.807) is 60.7 Å². The summed E-state index contributed by atoms with van der Waals surface area (Å²) in [4.78, 5) is 37.1. The molecule has 4 aromatic rings. The smallest absolute Gasteiger partial charge is 0.507 e. The number of phenols is 2. The Balaban J connectivity index is 1.43. The van der Waals surface area contributed by atoms with Crippen LogP contribution in [0.3, 0.4) is 0 Å². The summed E-state index contributed by atoms with van der Waals surface area (Å²) in [6, 6.07) is 24.5. The molecular formula is C27H18O7. The third kappa shape index (κ3) is 4.94. The maximum atomic E-state index is 12.5. The molecule has 0 aromatic heterocycles. The quantitative estimate of drug-likeness (QED) is 0.236. The van der Waals surface area contributed by atoms with E-state index in [0.29, 0.717) is 11.1 Å². The lowest BCUT2D eigenvalue weighted by molar-refractivity contribution is 0.102. The molecule has 2 N–H and O–H groups in total. The molecule has 0 aliphatic carbocycles. The van der Waals surface area contributed by atoms with Crippen molar-refractivity contribution in [2.75, 3.05) is 0 Å². The van der Waals surface area contributed by atoms with Crippen molar-refractivity contribution in [2.24, 2.45) is 0 Å². The first-order valence-electron chi connectivity index (χ1n) is 10.2. The van der Waals surface area contributed by atoms with Crippen LogP contribution in [0, 0.1) is 0 Å². The molecule has 0 aliphatic heterocycles. The van der Waals surface area contributed by atoms with E-state index in [9.17, 15) is 24.6 Å². The van der Waals surface area contributed by atoms with Gasteiger partial charge in [-0.1, -0.05) is 60.7 Å². The largest absolute Gasteiger partial charge is 0.519 e. The van der Waals surface area contributed by atoms with Gasteiger partial charge in [0, 0.05) is 23.3 Å². The summed E-state index contributed by atoms with van der Waals surface area (Å²) >= 11 is 0. The second-order valence-corrected chi connectivity index (χ2v) is 7.20. The summed E-state index contributed by atoms with van der Waals surface area (Å²) < 4.78 is 10.1. The van der Waals surface area contributed by atoms with Gasteiger partial charge in [0.15, 0.2) is 11.6 Å². The second-order valence-electron chi connectivity index (χ2n) is 7.20. The van der Waals surface area contributed by atoms with E-state index >= 15 is 0 Å². The van der Waals surface area contributed by atoms with E-state index in [2.05, 4.69) is 0 Å². The first-order valence-corrected chi connectivity index (χ1v) is 10.2. The molecule has 4 rings (SSSR count). The number of ketones is 2. The fourth-order valence-corrected chi connectivity index (χ4v) is 3.24. The van der Waals surface area contributed by atoms with Crippen molar-refractivity contribution < 1.29 is 34.1 Å². The minimum absolute atomic E-state index is 0.0489. The number of benzene rings is 4. The molecule has 0 saturated carbocycles. The van der Waals surface area contributed by atoms with E-state index in [1.807, 2.05) is 0 Å². The van der Waals surface area contributed by atoms with Crippen LogP contribution in [0.15, 0.2) is 97.1 Å². The molecule has 0 spiro atoms. The van der Waals surface area contributed by atoms with Gasteiger partial charge in [-0.2, -0.15) is 0 Å². The van der Waals surface area contributed by atoms with Crippen LogP contribution in [0.1, 0.15) is 31.8 Å². The van der Waals surface area contributed by atoms with Crippen LogP contribution in [-0.2, 0) is 0 Å². The number of hydrogen-bond donors (Lipinski definition) is 2. The molecule has 7 nitrogen and oxygen atoms in total. The molecular weight excluding hydrogens is 436 g/mol. The Labute approximate surface area is 194 Å². The number of hydrogen-bond acceptors (Lipinski definition) is 7. The monoisotopic (exact) mass is 454 g/mol. The fourth-order valence-electron chi connectivity index (χ4n) is 3.24. The van der Waals surface area contributed by atoms with Gasteiger partial charge in [0.05, 0.1) is 11.1 Å². The SMILES string of the molecule is O=C(Oc1ccc(C(=O)c2ccccc2)c(O)c1)Oc1ccc(C(=O)c2ccccc2)c(O)c1. The summed E-state index contributed by atoms with van der Waals surface area (Å²) in [5, 5.41) is 20.4. The maximum absolute atomic E-state index is 12.5. The van der Waals surface area contributed by atoms with Gasteiger partial charge >= 0.3 is 6.16 Å². The first-order chi connectivity index (χ1) is 16.4. The van der Waals surface area contributed by atoms with Gasteiger partial charge in [0.1, 0.15) is 23.0 Å². The normalized spacial score (nSPS) is 10.4. The van der Waals surface area contributed by atoms with Crippen molar-refractivity contribution in [2.45, 2.75) is 0 Å². The molecule has 0 aliphatic rings. The van der Waals surface area contributed by atoms with Gasteiger partial charge in [0.2, 0.25) is 0 Å². The highest BCUT2D eigenvalue weighted by Crippen LogP contribution is 2.28. The molecule has 0 atom stereocenters. The van der Waals surface area contributed by atoms with Crippen molar-refractivity contribution in [3.8, 4) is 23.0 Å². The van der Waals surface area contributed by atoms with Gasteiger partial charge in [0.25, 0.3) is 0 Å². The Morgan fingerprint density at radius 1 is 0.529 bits per heavy atom. The van der Waals surface area contributed by atoms with E-state index in [4.69, 9.17) is 9.47 Å². The second kappa shape index (κ2) is 9.70. The average molecular weight is 454 g/mol. The van der Waals surface area contributed by atoms with E-state index in [1.165, 1.54) is 24.3 Å². The maximum Gasteiger partial charge on any atom is 0.519 e. The predicted molar refractivity (Wildman–Crippen MR) is 123 cm³/mol. The van der Waals surface area contributed by atoms with Crippen LogP contribution >= 0.6 is 0 Å². The van der Waals surface area contributed by atoms with E-state index in [-0.39, 0.29) is 45.7 Å². The van der Waals surface area contributed by atoms with Gasteiger partial charge < -0.3 is 19.7 Å². The minimum Gasteiger partial charge on any atom is -0.507 e. The highest BCUT2D eigenvalue weighted by molar-refractivity contribution is 6.11. The molecule has 0 heterocycles. The van der Waals surface area contributed by atoms with Gasteiger partial charge in [-0.15, -0.1) is 0 Å². The lowest BCUT2D eigenvalue weighted by atomic mass is 10.0. The summed E-state index contributed by atoms with van der Waals surface area (Å²) in [6.07, 6.45) is -1.14. The Bertz CT molecular complexity index is 1260. The first kappa shape index (κ1) is 22.3. The van der Waals surface area contributed by atoms with Crippen LogP contribution in [0.5, 0.6) is 23.0 Å². The zero-order valence-corrected chi connectivity index (χ0v) is 17.7. The summed E-state index contributed by atoms with van der Waals surface area (Å²) in [5.41, 5.74) is 0.908.